The number of ether oxygens (including phenoxy) is 4. The third-order valence-corrected chi connectivity index (χ3v) is 17.6. The molecular formula is C68H132O17P2. The van der Waals surface area contributed by atoms with Gasteiger partial charge < -0.3 is 33.8 Å². The van der Waals surface area contributed by atoms with E-state index in [4.69, 9.17) is 37.0 Å². The summed E-state index contributed by atoms with van der Waals surface area (Å²) in [6, 6.07) is 0. The summed E-state index contributed by atoms with van der Waals surface area (Å²) in [4.78, 5) is 72.3. The number of esters is 4. The van der Waals surface area contributed by atoms with Crippen LogP contribution in [0.15, 0.2) is 0 Å². The molecule has 516 valence electrons. The second-order valence-electron chi connectivity index (χ2n) is 25.5. The van der Waals surface area contributed by atoms with Gasteiger partial charge in [-0.05, 0) is 37.5 Å². The zero-order valence-electron chi connectivity index (χ0n) is 56.3. The summed E-state index contributed by atoms with van der Waals surface area (Å²) in [6.45, 7) is 9.45. The largest absolute Gasteiger partial charge is 0.472 e. The van der Waals surface area contributed by atoms with Crippen molar-refractivity contribution in [2.24, 2.45) is 11.8 Å². The van der Waals surface area contributed by atoms with Gasteiger partial charge in [0.25, 0.3) is 0 Å². The Morgan fingerprint density at radius 3 is 0.782 bits per heavy atom. The standard InChI is InChI=1S/C68H132O17P2/c1-7-9-11-13-15-16-17-18-21-24-27-33-39-45-51-66(71)79-57-64(84-67(72)52-46-40-34-28-25-22-19-20-23-26-31-36-42-48-60(3)4)59-83-87(76,77)81-55-62(69)54-80-86(74,75)82-58-63(56-78-65(70)50-44-38-30-14-12-10-8-2)85-68(73)53-47-41-35-29-32-37-43-49-61(5)6/h60-64,69H,7-59H2,1-6H3,(H,74,75)(H,76,77)/t62-,63+,64+/m0/s1. The number of carbonyl (C=O) groups is 4. The maximum Gasteiger partial charge on any atom is 0.472 e. The summed E-state index contributed by atoms with van der Waals surface area (Å²) in [5.74, 6) is -0.650. The van der Waals surface area contributed by atoms with Crippen LogP contribution < -0.4 is 0 Å². The van der Waals surface area contributed by atoms with Crippen LogP contribution in [0.1, 0.15) is 343 Å². The molecular weight excluding hydrogens is 1150 g/mol. The molecule has 0 radical (unpaired) electrons. The molecule has 5 atom stereocenters. The lowest BCUT2D eigenvalue weighted by molar-refractivity contribution is -0.161. The lowest BCUT2D eigenvalue weighted by Crippen LogP contribution is -2.30. The van der Waals surface area contributed by atoms with Crippen LogP contribution in [0.5, 0.6) is 0 Å². The minimum Gasteiger partial charge on any atom is -0.462 e. The van der Waals surface area contributed by atoms with Crippen molar-refractivity contribution in [3.05, 3.63) is 0 Å². The predicted octanol–water partition coefficient (Wildman–Crippen LogP) is 19.2. The van der Waals surface area contributed by atoms with Gasteiger partial charge in [0.15, 0.2) is 12.2 Å². The average molecular weight is 1280 g/mol. The zero-order chi connectivity index (χ0) is 64.3. The Balaban J connectivity index is 5.20. The van der Waals surface area contributed by atoms with Crippen LogP contribution in [0, 0.1) is 11.8 Å². The first-order valence-electron chi connectivity index (χ1n) is 35.5. The molecule has 0 heterocycles. The molecule has 0 aliphatic heterocycles. The van der Waals surface area contributed by atoms with E-state index in [1.807, 2.05) is 0 Å². The minimum absolute atomic E-state index is 0.103. The lowest BCUT2D eigenvalue weighted by Gasteiger charge is -2.21. The summed E-state index contributed by atoms with van der Waals surface area (Å²) >= 11 is 0. The molecule has 87 heavy (non-hydrogen) atoms. The first-order chi connectivity index (χ1) is 41.9. The molecule has 0 bridgehead atoms. The van der Waals surface area contributed by atoms with E-state index in [2.05, 4.69) is 41.5 Å². The average Bonchev–Trinajstić information content (AvgIpc) is 3.68. The molecule has 0 aliphatic carbocycles. The van der Waals surface area contributed by atoms with E-state index in [9.17, 15) is 43.2 Å². The van der Waals surface area contributed by atoms with Crippen molar-refractivity contribution in [2.75, 3.05) is 39.6 Å². The van der Waals surface area contributed by atoms with E-state index >= 15 is 0 Å². The summed E-state index contributed by atoms with van der Waals surface area (Å²) in [6.07, 6.45) is 44.6. The van der Waals surface area contributed by atoms with Crippen LogP contribution in [0.3, 0.4) is 0 Å². The van der Waals surface area contributed by atoms with Gasteiger partial charge >= 0.3 is 39.5 Å². The lowest BCUT2D eigenvalue weighted by atomic mass is 10.0. The Labute approximate surface area is 530 Å². The van der Waals surface area contributed by atoms with Crippen LogP contribution in [0.2, 0.25) is 0 Å². The molecule has 0 saturated heterocycles. The number of aliphatic hydroxyl groups is 1. The van der Waals surface area contributed by atoms with E-state index in [-0.39, 0.29) is 25.7 Å². The maximum absolute atomic E-state index is 13.0. The Kier molecular flexibility index (Phi) is 59.0. The van der Waals surface area contributed by atoms with Crippen molar-refractivity contribution in [3.8, 4) is 0 Å². The number of aliphatic hydroxyl groups excluding tert-OH is 1. The van der Waals surface area contributed by atoms with Crippen molar-refractivity contribution >= 4 is 39.5 Å². The van der Waals surface area contributed by atoms with Gasteiger partial charge in [-0.2, -0.15) is 0 Å². The van der Waals surface area contributed by atoms with Crippen LogP contribution in [-0.4, -0.2) is 96.7 Å². The Hall–Kier alpha value is -1.94. The van der Waals surface area contributed by atoms with Crippen molar-refractivity contribution in [2.45, 2.75) is 362 Å². The summed E-state index contributed by atoms with van der Waals surface area (Å²) in [5.41, 5.74) is 0. The molecule has 2 unspecified atom stereocenters. The molecule has 3 N–H and O–H groups in total. The predicted molar refractivity (Wildman–Crippen MR) is 349 cm³/mol. The van der Waals surface area contributed by atoms with Crippen LogP contribution in [0.25, 0.3) is 0 Å². The molecule has 0 amide bonds. The van der Waals surface area contributed by atoms with Crippen molar-refractivity contribution in [1.29, 1.82) is 0 Å². The molecule has 17 nitrogen and oxygen atoms in total. The van der Waals surface area contributed by atoms with E-state index in [1.165, 1.54) is 148 Å². The van der Waals surface area contributed by atoms with Crippen molar-refractivity contribution < 1.29 is 80.2 Å². The van der Waals surface area contributed by atoms with Gasteiger partial charge in [-0.15, -0.1) is 0 Å². The zero-order valence-corrected chi connectivity index (χ0v) is 58.1. The quantitative estimate of drug-likeness (QED) is 0.0222. The first kappa shape index (κ1) is 85.1. The summed E-state index contributed by atoms with van der Waals surface area (Å²) in [7, 11) is -9.89. The van der Waals surface area contributed by atoms with Gasteiger partial charge in [-0.25, -0.2) is 9.13 Å². The molecule has 0 spiro atoms. The summed E-state index contributed by atoms with van der Waals surface area (Å²) < 4.78 is 68.1. The number of hydrogen-bond donors (Lipinski definition) is 3. The number of hydrogen-bond acceptors (Lipinski definition) is 15. The van der Waals surface area contributed by atoms with Crippen molar-refractivity contribution in [1.82, 2.24) is 0 Å². The highest BCUT2D eigenvalue weighted by molar-refractivity contribution is 7.47. The number of rotatable bonds is 67. The molecule has 0 aliphatic rings. The Morgan fingerprint density at radius 1 is 0.310 bits per heavy atom. The van der Waals surface area contributed by atoms with Gasteiger partial charge in [-0.3, -0.25) is 37.3 Å². The molecule has 19 heteroatoms. The second-order valence-corrected chi connectivity index (χ2v) is 28.4. The topological polar surface area (TPSA) is 237 Å². The fourth-order valence-corrected chi connectivity index (χ4v) is 11.8. The second kappa shape index (κ2) is 60.3. The first-order valence-corrected chi connectivity index (χ1v) is 38.5. The van der Waals surface area contributed by atoms with Gasteiger partial charge in [0.05, 0.1) is 26.4 Å². The van der Waals surface area contributed by atoms with E-state index in [0.717, 1.165) is 109 Å². The van der Waals surface area contributed by atoms with E-state index in [0.29, 0.717) is 31.6 Å². The SMILES string of the molecule is CCCCCCCCCCCCCCCCC(=O)OC[C@H](COP(=O)(O)OC[C@@H](O)COP(=O)(O)OC[C@@H](COC(=O)CCCCCCCCC)OC(=O)CCCCCCCCCC(C)C)OC(=O)CCCCCCCCCCCCCCCC(C)C. The number of phosphoric ester groups is 2. The molecule has 0 aromatic carbocycles. The van der Waals surface area contributed by atoms with Crippen LogP contribution in [-0.2, 0) is 65.4 Å². The number of unbranched alkanes of at least 4 members (excludes halogenated alkanes) is 37. The Morgan fingerprint density at radius 2 is 0.529 bits per heavy atom. The van der Waals surface area contributed by atoms with E-state index in [1.54, 1.807) is 0 Å². The molecule has 0 aromatic heterocycles. The van der Waals surface area contributed by atoms with Gasteiger partial charge in [-0.1, -0.05) is 292 Å². The van der Waals surface area contributed by atoms with Gasteiger partial charge in [0.1, 0.15) is 19.3 Å². The molecule has 0 aromatic rings. The van der Waals surface area contributed by atoms with Gasteiger partial charge in [0.2, 0.25) is 0 Å². The monoisotopic (exact) mass is 1280 g/mol. The molecule has 0 saturated carbocycles. The fourth-order valence-electron chi connectivity index (χ4n) is 10.2. The van der Waals surface area contributed by atoms with Crippen LogP contribution >= 0.6 is 15.6 Å². The smallest absolute Gasteiger partial charge is 0.462 e. The normalized spacial score (nSPS) is 14.2. The van der Waals surface area contributed by atoms with E-state index < -0.39 is 97.5 Å². The van der Waals surface area contributed by atoms with Gasteiger partial charge in [0, 0.05) is 25.7 Å². The third-order valence-electron chi connectivity index (χ3n) is 15.7. The fraction of sp³-hybridized carbons (Fsp3) is 0.941. The number of carbonyl (C=O) groups excluding carboxylic acids is 4. The Bertz CT molecular complexity index is 1700. The summed E-state index contributed by atoms with van der Waals surface area (Å²) in [5, 5.41) is 10.6. The highest BCUT2D eigenvalue weighted by atomic mass is 31.2. The minimum atomic E-state index is -4.95. The number of phosphoric acid groups is 2. The third kappa shape index (κ3) is 62.6. The maximum atomic E-state index is 13.0. The molecule has 0 fully saturated rings. The van der Waals surface area contributed by atoms with Crippen molar-refractivity contribution in [3.63, 3.8) is 0 Å². The molecule has 0 rings (SSSR count). The van der Waals surface area contributed by atoms with Crippen LogP contribution in [0.4, 0.5) is 0 Å². The highest BCUT2D eigenvalue weighted by Crippen LogP contribution is 2.45. The highest BCUT2D eigenvalue weighted by Gasteiger charge is 2.30.